The average Bonchev–Trinajstić information content (AvgIpc) is 2.66. The third-order valence-corrected chi connectivity index (χ3v) is 4.61. The second kappa shape index (κ2) is 8.05. The van der Waals surface area contributed by atoms with E-state index in [1.807, 2.05) is 36.4 Å². The topological polar surface area (TPSA) is 38.3 Å². The van der Waals surface area contributed by atoms with Crippen molar-refractivity contribution in [3.8, 4) is 5.75 Å². The van der Waals surface area contributed by atoms with Gasteiger partial charge in [-0.2, -0.15) is 0 Å². The summed E-state index contributed by atoms with van der Waals surface area (Å²) >= 11 is 0. The molecule has 2 atom stereocenters. The molecule has 0 radical (unpaired) electrons. The first-order valence-corrected chi connectivity index (χ1v) is 9.09. The summed E-state index contributed by atoms with van der Waals surface area (Å²) in [7, 11) is 0. The lowest BCUT2D eigenvalue weighted by Gasteiger charge is -2.21. The number of carbonyl (C=O) groups excluding carboxylic acids is 1. The van der Waals surface area contributed by atoms with Gasteiger partial charge in [0.25, 0.3) is 5.91 Å². The largest absolute Gasteiger partial charge is 0.481 e. The van der Waals surface area contributed by atoms with Crippen molar-refractivity contribution in [2.45, 2.75) is 39.3 Å². The van der Waals surface area contributed by atoms with E-state index >= 15 is 0 Å². The van der Waals surface area contributed by atoms with Crippen molar-refractivity contribution in [3.63, 3.8) is 0 Å². The highest BCUT2D eigenvalue weighted by atomic mass is 16.5. The van der Waals surface area contributed by atoms with Crippen LogP contribution in [0.1, 0.15) is 37.4 Å². The van der Waals surface area contributed by atoms with Gasteiger partial charge in [-0.1, -0.05) is 67.1 Å². The lowest BCUT2D eigenvalue weighted by atomic mass is 10.0. The molecule has 0 bridgehead atoms. The molecule has 3 nitrogen and oxygen atoms in total. The predicted molar refractivity (Wildman–Crippen MR) is 106 cm³/mol. The molecule has 0 fully saturated rings. The molecular formula is C23H25NO2. The van der Waals surface area contributed by atoms with E-state index in [1.54, 1.807) is 6.92 Å². The molecule has 0 aliphatic carbocycles. The number of rotatable bonds is 6. The molecule has 0 heterocycles. The maximum Gasteiger partial charge on any atom is 0.261 e. The zero-order valence-electron chi connectivity index (χ0n) is 15.5. The van der Waals surface area contributed by atoms with Gasteiger partial charge in [-0.15, -0.1) is 0 Å². The Hall–Kier alpha value is -2.81. The number of hydrogen-bond donors (Lipinski definition) is 1. The molecule has 3 aromatic carbocycles. The Balaban J connectivity index is 1.66. The predicted octanol–water partition coefficient (Wildman–Crippen LogP) is 5.18. The Bertz CT molecular complexity index is 886. The summed E-state index contributed by atoms with van der Waals surface area (Å²) in [6.45, 7) is 5.91. The van der Waals surface area contributed by atoms with Crippen molar-refractivity contribution in [2.24, 2.45) is 0 Å². The summed E-state index contributed by atoms with van der Waals surface area (Å²) in [6.07, 6.45) is 0.271. The molecule has 1 amide bonds. The molecule has 26 heavy (non-hydrogen) atoms. The van der Waals surface area contributed by atoms with Crippen LogP contribution >= 0.6 is 0 Å². The van der Waals surface area contributed by atoms with Gasteiger partial charge in [-0.3, -0.25) is 4.79 Å². The first-order valence-electron chi connectivity index (χ1n) is 9.09. The molecule has 3 aromatic rings. The molecule has 0 unspecified atom stereocenters. The molecule has 3 rings (SSSR count). The summed E-state index contributed by atoms with van der Waals surface area (Å²) in [5.74, 6) is 0.598. The number of hydrogen-bond acceptors (Lipinski definition) is 2. The van der Waals surface area contributed by atoms with Crippen molar-refractivity contribution in [2.75, 3.05) is 0 Å². The zero-order chi connectivity index (χ0) is 18.5. The Morgan fingerprint density at radius 1 is 1.00 bits per heavy atom. The lowest BCUT2D eigenvalue weighted by Crippen LogP contribution is -2.38. The van der Waals surface area contributed by atoms with Gasteiger partial charge in [0, 0.05) is 0 Å². The van der Waals surface area contributed by atoms with Crippen LogP contribution in [0.5, 0.6) is 5.75 Å². The summed E-state index contributed by atoms with van der Waals surface area (Å²) in [5.41, 5.74) is 2.33. The molecule has 134 valence electrons. The number of aryl methyl sites for hydroxylation is 1. The number of ether oxygens (including phenoxy) is 1. The normalized spacial score (nSPS) is 13.2. The van der Waals surface area contributed by atoms with E-state index in [9.17, 15) is 4.79 Å². The van der Waals surface area contributed by atoms with Gasteiger partial charge in [0.1, 0.15) is 5.75 Å². The van der Waals surface area contributed by atoms with E-state index in [2.05, 4.69) is 49.5 Å². The highest BCUT2D eigenvalue weighted by molar-refractivity contribution is 5.84. The van der Waals surface area contributed by atoms with Gasteiger partial charge in [0.05, 0.1) is 6.04 Å². The Morgan fingerprint density at radius 2 is 1.69 bits per heavy atom. The van der Waals surface area contributed by atoms with Crippen molar-refractivity contribution in [1.82, 2.24) is 5.32 Å². The van der Waals surface area contributed by atoms with Crippen molar-refractivity contribution in [1.29, 1.82) is 0 Å². The molecule has 0 aliphatic heterocycles. The first kappa shape index (κ1) is 18.0. The number of nitrogens with one attached hydrogen (secondary N) is 1. The highest BCUT2D eigenvalue weighted by Gasteiger charge is 2.19. The molecule has 3 heteroatoms. The van der Waals surface area contributed by atoms with E-state index in [0.717, 1.165) is 22.8 Å². The van der Waals surface area contributed by atoms with E-state index in [1.165, 1.54) is 5.56 Å². The van der Waals surface area contributed by atoms with Gasteiger partial charge < -0.3 is 10.1 Å². The highest BCUT2D eigenvalue weighted by Crippen LogP contribution is 2.22. The van der Waals surface area contributed by atoms with Crippen LogP contribution in [-0.2, 0) is 4.79 Å². The van der Waals surface area contributed by atoms with Crippen LogP contribution in [0.25, 0.3) is 10.8 Å². The summed E-state index contributed by atoms with van der Waals surface area (Å²) in [5, 5.41) is 5.35. The van der Waals surface area contributed by atoms with Gasteiger partial charge >= 0.3 is 0 Å². The molecule has 0 saturated heterocycles. The van der Waals surface area contributed by atoms with Crippen LogP contribution in [0.15, 0.2) is 66.7 Å². The van der Waals surface area contributed by atoms with Crippen LogP contribution in [0.4, 0.5) is 0 Å². The second-order valence-corrected chi connectivity index (χ2v) is 6.65. The summed E-state index contributed by atoms with van der Waals surface area (Å²) in [4.78, 5) is 12.6. The number of fused-ring (bicyclic) bond motifs is 1. The van der Waals surface area contributed by atoms with E-state index in [0.29, 0.717) is 5.75 Å². The molecule has 1 N–H and O–H groups in total. The molecule has 0 aromatic heterocycles. The van der Waals surface area contributed by atoms with Crippen molar-refractivity contribution < 1.29 is 9.53 Å². The number of amides is 1. The van der Waals surface area contributed by atoms with Crippen LogP contribution in [-0.4, -0.2) is 12.0 Å². The monoisotopic (exact) mass is 347 g/mol. The summed E-state index contributed by atoms with van der Waals surface area (Å²) < 4.78 is 5.87. The SMILES string of the molecule is CC[C@@H](NC(=O)[C@@H](C)Oc1ccc2ccccc2c1)c1ccc(C)cc1. The van der Waals surface area contributed by atoms with Crippen molar-refractivity contribution >= 4 is 16.7 Å². The zero-order valence-corrected chi connectivity index (χ0v) is 15.5. The van der Waals surface area contributed by atoms with Gasteiger partial charge in [-0.05, 0) is 48.7 Å². The smallest absolute Gasteiger partial charge is 0.261 e. The van der Waals surface area contributed by atoms with Crippen LogP contribution in [0.3, 0.4) is 0 Å². The first-order chi connectivity index (χ1) is 12.6. The molecular weight excluding hydrogens is 322 g/mol. The molecule has 0 spiro atoms. The number of carbonyl (C=O) groups is 1. The Labute approximate surface area is 155 Å². The van der Waals surface area contributed by atoms with Crippen molar-refractivity contribution in [3.05, 3.63) is 77.9 Å². The van der Waals surface area contributed by atoms with E-state index in [4.69, 9.17) is 4.74 Å². The quantitative estimate of drug-likeness (QED) is 0.667. The Morgan fingerprint density at radius 3 is 2.38 bits per heavy atom. The van der Waals surface area contributed by atoms with Crippen LogP contribution in [0, 0.1) is 6.92 Å². The standard InChI is InChI=1S/C23H25NO2/c1-4-22(19-11-9-16(2)10-12-19)24-23(25)17(3)26-21-14-13-18-7-5-6-8-20(18)15-21/h5-15,17,22H,4H2,1-3H3,(H,24,25)/t17-,22-/m1/s1. The maximum absolute atomic E-state index is 12.6. The van der Waals surface area contributed by atoms with E-state index in [-0.39, 0.29) is 11.9 Å². The van der Waals surface area contributed by atoms with E-state index < -0.39 is 6.10 Å². The summed E-state index contributed by atoms with van der Waals surface area (Å²) in [6, 6.07) is 22.3. The molecule has 0 aliphatic rings. The van der Waals surface area contributed by atoms with Crippen LogP contribution < -0.4 is 10.1 Å². The third-order valence-electron chi connectivity index (χ3n) is 4.61. The second-order valence-electron chi connectivity index (χ2n) is 6.65. The molecule has 0 saturated carbocycles. The number of benzene rings is 3. The lowest BCUT2D eigenvalue weighted by molar-refractivity contribution is -0.128. The minimum atomic E-state index is -0.560. The Kier molecular flexibility index (Phi) is 5.57. The fourth-order valence-corrected chi connectivity index (χ4v) is 3.01. The van der Waals surface area contributed by atoms with Gasteiger partial charge in [0.2, 0.25) is 0 Å². The minimum Gasteiger partial charge on any atom is -0.481 e. The fourth-order valence-electron chi connectivity index (χ4n) is 3.01. The average molecular weight is 347 g/mol. The maximum atomic E-state index is 12.6. The minimum absolute atomic E-state index is 0.00856. The fraction of sp³-hybridized carbons (Fsp3) is 0.261. The van der Waals surface area contributed by atoms with Crippen LogP contribution in [0.2, 0.25) is 0 Å². The van der Waals surface area contributed by atoms with Gasteiger partial charge in [0.15, 0.2) is 6.10 Å². The third kappa shape index (κ3) is 4.23. The van der Waals surface area contributed by atoms with Gasteiger partial charge in [-0.25, -0.2) is 0 Å².